The first-order chi connectivity index (χ1) is 11.9. The van der Waals surface area contributed by atoms with E-state index in [2.05, 4.69) is 4.98 Å². The van der Waals surface area contributed by atoms with Crippen LogP contribution in [0.3, 0.4) is 0 Å². The molecule has 16 heteroatoms. The van der Waals surface area contributed by atoms with E-state index in [1.54, 1.807) is 0 Å². The predicted molar refractivity (Wildman–Crippen MR) is 63.5 cm³/mol. The molecule has 0 aliphatic carbocycles. The van der Waals surface area contributed by atoms with Gasteiger partial charge in [-0.15, -0.1) is 0 Å². The standard InChI is InChI=1S/C11H3F10N3O3/c12-8(10(16,17)18,11(19,20)21)7-22-4-1-3(9(13,14)15)5(24(26)27)2-6(4)23(7)25/h1-2,25H. The van der Waals surface area contributed by atoms with E-state index in [4.69, 9.17) is 0 Å². The Morgan fingerprint density at radius 2 is 1.44 bits per heavy atom. The molecule has 1 aromatic carbocycles. The van der Waals surface area contributed by atoms with Gasteiger partial charge in [0.25, 0.3) is 5.69 Å². The SMILES string of the molecule is O=[N+]([O-])c1cc2c(cc1C(F)(F)F)nc(C(F)(C(F)(F)F)C(F)(F)F)n2O. The molecule has 0 radical (unpaired) electrons. The van der Waals surface area contributed by atoms with Crippen molar-refractivity contribution in [2.75, 3.05) is 0 Å². The number of halogens is 10. The molecule has 1 aromatic heterocycles. The number of hydrogen-bond donors (Lipinski definition) is 1. The molecule has 2 aromatic rings. The lowest BCUT2D eigenvalue weighted by atomic mass is 10.0. The highest BCUT2D eigenvalue weighted by molar-refractivity contribution is 5.80. The predicted octanol–water partition coefficient (Wildman–Crippen LogP) is 4.49. The number of alkyl halides is 10. The number of nitro benzene ring substituents is 1. The summed E-state index contributed by atoms with van der Waals surface area (Å²) in [5.41, 5.74) is -12.9. The number of aromatic nitrogens is 2. The van der Waals surface area contributed by atoms with Crippen molar-refractivity contribution >= 4 is 16.7 Å². The second-order valence-electron chi connectivity index (χ2n) is 5.01. The summed E-state index contributed by atoms with van der Waals surface area (Å²) in [5.74, 6) is -2.76. The number of hydrogen-bond acceptors (Lipinski definition) is 4. The van der Waals surface area contributed by atoms with Gasteiger partial charge in [0.05, 0.1) is 10.4 Å². The quantitative estimate of drug-likeness (QED) is 0.339. The highest BCUT2D eigenvalue weighted by atomic mass is 19.4. The summed E-state index contributed by atoms with van der Waals surface area (Å²) >= 11 is 0. The minimum absolute atomic E-state index is 0.179. The zero-order valence-electron chi connectivity index (χ0n) is 12.0. The third-order valence-electron chi connectivity index (χ3n) is 3.34. The molecule has 0 amide bonds. The van der Waals surface area contributed by atoms with Crippen LogP contribution >= 0.6 is 0 Å². The Labute approximate surface area is 139 Å². The van der Waals surface area contributed by atoms with Crippen molar-refractivity contribution in [3.63, 3.8) is 0 Å². The Balaban J connectivity index is 2.94. The lowest BCUT2D eigenvalue weighted by Gasteiger charge is -2.28. The number of imidazole rings is 1. The van der Waals surface area contributed by atoms with Crippen molar-refractivity contribution in [1.29, 1.82) is 0 Å². The molecular formula is C11H3F10N3O3. The van der Waals surface area contributed by atoms with Gasteiger partial charge in [-0.1, -0.05) is 0 Å². The van der Waals surface area contributed by atoms with Crippen molar-refractivity contribution in [2.24, 2.45) is 0 Å². The fraction of sp³-hybridized carbons (Fsp3) is 0.364. The maximum atomic E-state index is 14.0. The fourth-order valence-corrected chi connectivity index (χ4v) is 2.12. The normalized spacial score (nSPS) is 14.0. The first-order valence-electron chi connectivity index (χ1n) is 6.23. The van der Waals surface area contributed by atoms with Crippen LogP contribution in [0.4, 0.5) is 49.6 Å². The van der Waals surface area contributed by atoms with Crippen LogP contribution in [0.2, 0.25) is 0 Å². The molecule has 0 aliphatic rings. The van der Waals surface area contributed by atoms with Crippen LogP contribution in [-0.2, 0) is 11.8 Å². The Kier molecular flexibility index (Phi) is 4.25. The first-order valence-corrected chi connectivity index (χ1v) is 6.23. The van der Waals surface area contributed by atoms with Gasteiger partial charge in [-0.3, -0.25) is 10.1 Å². The smallest absolute Gasteiger partial charge is 0.426 e. The molecule has 1 N–H and O–H groups in total. The minimum Gasteiger partial charge on any atom is -0.426 e. The molecule has 0 unspecified atom stereocenters. The van der Waals surface area contributed by atoms with Crippen molar-refractivity contribution < 1.29 is 54.0 Å². The van der Waals surface area contributed by atoms with E-state index in [0.717, 1.165) is 0 Å². The van der Waals surface area contributed by atoms with E-state index in [0.29, 0.717) is 0 Å². The highest BCUT2D eigenvalue weighted by Crippen LogP contribution is 2.53. The van der Waals surface area contributed by atoms with Gasteiger partial charge < -0.3 is 5.21 Å². The second kappa shape index (κ2) is 5.59. The molecule has 0 saturated carbocycles. The van der Waals surface area contributed by atoms with E-state index in [9.17, 15) is 59.2 Å². The van der Waals surface area contributed by atoms with Gasteiger partial charge in [-0.25, -0.2) is 9.37 Å². The van der Waals surface area contributed by atoms with Crippen molar-refractivity contribution in [3.8, 4) is 0 Å². The number of nitro groups is 1. The topological polar surface area (TPSA) is 81.2 Å². The molecule has 27 heavy (non-hydrogen) atoms. The molecular weight excluding hydrogens is 412 g/mol. The van der Waals surface area contributed by atoms with E-state index in [1.807, 2.05) is 0 Å². The molecule has 150 valence electrons. The largest absolute Gasteiger partial charge is 0.439 e. The summed E-state index contributed by atoms with van der Waals surface area (Å²) in [6.45, 7) is 0. The molecule has 0 aliphatic heterocycles. The molecule has 1 heterocycles. The average Bonchev–Trinajstić information content (AvgIpc) is 2.78. The Hall–Kier alpha value is -2.81. The lowest BCUT2D eigenvalue weighted by Crippen LogP contribution is -2.52. The Morgan fingerprint density at radius 1 is 0.963 bits per heavy atom. The Bertz CT molecular complexity index is 897. The maximum Gasteiger partial charge on any atom is 0.439 e. The molecule has 0 saturated heterocycles. The summed E-state index contributed by atoms with van der Waals surface area (Å²) in [5, 5.41) is 20.2. The van der Waals surface area contributed by atoms with Crippen molar-refractivity contribution in [2.45, 2.75) is 24.2 Å². The number of rotatable bonds is 2. The van der Waals surface area contributed by atoms with Crippen molar-refractivity contribution in [1.82, 2.24) is 9.71 Å². The highest BCUT2D eigenvalue weighted by Gasteiger charge is 2.76. The molecule has 6 nitrogen and oxygen atoms in total. The summed E-state index contributed by atoms with van der Waals surface area (Å²) in [6, 6.07) is -0.460. The zero-order valence-corrected chi connectivity index (χ0v) is 12.0. The van der Waals surface area contributed by atoms with E-state index >= 15 is 0 Å². The summed E-state index contributed by atoms with van der Waals surface area (Å²) in [6.07, 6.45) is -18.9. The van der Waals surface area contributed by atoms with Crippen LogP contribution in [0.5, 0.6) is 0 Å². The van der Waals surface area contributed by atoms with Gasteiger partial charge in [0, 0.05) is 6.07 Å². The van der Waals surface area contributed by atoms with Crippen LogP contribution in [-0.4, -0.2) is 32.2 Å². The molecule has 2 rings (SSSR count). The van der Waals surface area contributed by atoms with Crippen LogP contribution < -0.4 is 0 Å². The van der Waals surface area contributed by atoms with Gasteiger partial charge in [0.15, 0.2) is 0 Å². The monoisotopic (exact) mass is 415 g/mol. The number of fused-ring (bicyclic) bond motifs is 1. The van der Waals surface area contributed by atoms with Gasteiger partial charge in [-0.05, 0) is 6.07 Å². The van der Waals surface area contributed by atoms with Gasteiger partial charge in [0.2, 0.25) is 5.82 Å². The third kappa shape index (κ3) is 2.97. The van der Waals surface area contributed by atoms with Crippen LogP contribution in [0, 0.1) is 10.1 Å². The van der Waals surface area contributed by atoms with Gasteiger partial charge in [-0.2, -0.15) is 44.2 Å². The molecule has 0 spiro atoms. The van der Waals surface area contributed by atoms with Crippen molar-refractivity contribution in [3.05, 3.63) is 33.6 Å². The number of nitrogens with zero attached hydrogens (tertiary/aromatic N) is 3. The van der Waals surface area contributed by atoms with E-state index in [1.165, 1.54) is 0 Å². The van der Waals surface area contributed by atoms with E-state index in [-0.39, 0.29) is 12.1 Å². The van der Waals surface area contributed by atoms with E-state index < -0.39 is 62.0 Å². The summed E-state index contributed by atoms with van der Waals surface area (Å²) in [7, 11) is 0. The lowest BCUT2D eigenvalue weighted by molar-refractivity contribution is -0.387. The maximum absolute atomic E-state index is 14.0. The molecule has 0 bridgehead atoms. The minimum atomic E-state index is -6.72. The first kappa shape index (κ1) is 20.5. The van der Waals surface area contributed by atoms with Crippen LogP contribution in [0.1, 0.15) is 11.4 Å². The molecule has 0 atom stereocenters. The summed E-state index contributed by atoms with van der Waals surface area (Å²) < 4.78 is 128. The second-order valence-corrected chi connectivity index (χ2v) is 5.01. The van der Waals surface area contributed by atoms with Gasteiger partial charge in [0.1, 0.15) is 11.1 Å². The van der Waals surface area contributed by atoms with Crippen LogP contribution in [0.25, 0.3) is 11.0 Å². The average molecular weight is 415 g/mol. The number of benzene rings is 1. The summed E-state index contributed by atoms with van der Waals surface area (Å²) in [4.78, 5) is 11.5. The third-order valence-corrected chi connectivity index (χ3v) is 3.34. The van der Waals surface area contributed by atoms with Gasteiger partial charge >= 0.3 is 24.2 Å². The Morgan fingerprint density at radius 3 is 1.81 bits per heavy atom. The fourth-order valence-electron chi connectivity index (χ4n) is 2.12. The molecule has 0 fully saturated rings. The van der Waals surface area contributed by atoms with Crippen LogP contribution in [0.15, 0.2) is 12.1 Å². The zero-order chi connectivity index (χ0) is 21.2.